The maximum atomic E-state index is 13.6. The summed E-state index contributed by atoms with van der Waals surface area (Å²) in [7, 11) is 0. The molecule has 0 fully saturated rings. The summed E-state index contributed by atoms with van der Waals surface area (Å²) < 4.78 is 13.6. The van der Waals surface area contributed by atoms with Crippen molar-refractivity contribution in [2.24, 2.45) is 16.3 Å². The first kappa shape index (κ1) is 19.1. The molecule has 0 aliphatic carbocycles. The highest BCUT2D eigenvalue weighted by Gasteiger charge is 2.55. The van der Waals surface area contributed by atoms with Crippen molar-refractivity contribution in [3.05, 3.63) is 70.5 Å². The zero-order chi connectivity index (χ0) is 19.8. The molecule has 27 heavy (non-hydrogen) atoms. The summed E-state index contributed by atoms with van der Waals surface area (Å²) in [5.74, 6) is -3.21. The van der Waals surface area contributed by atoms with Gasteiger partial charge in [0.25, 0.3) is 0 Å². The molecule has 3 rings (SSSR count). The summed E-state index contributed by atoms with van der Waals surface area (Å²) in [4.78, 5) is 16.9. The van der Waals surface area contributed by atoms with E-state index in [0.717, 1.165) is 11.6 Å². The SMILES string of the molecule is CC1N=C(c2ccccc2)C(C#N)C(c2ccc(F)cc2Cl)C1(C)C(=O)O. The predicted octanol–water partition coefficient (Wildman–Crippen LogP) is 4.68. The van der Waals surface area contributed by atoms with Crippen LogP contribution in [-0.4, -0.2) is 22.8 Å². The Hall–Kier alpha value is -2.71. The van der Waals surface area contributed by atoms with Crippen LogP contribution in [0.15, 0.2) is 53.5 Å². The zero-order valence-electron chi connectivity index (χ0n) is 14.9. The fourth-order valence-corrected chi connectivity index (χ4v) is 4.04. The third kappa shape index (κ3) is 3.11. The number of hydrogen-bond acceptors (Lipinski definition) is 3. The van der Waals surface area contributed by atoms with E-state index in [-0.39, 0.29) is 5.02 Å². The minimum Gasteiger partial charge on any atom is -0.481 e. The molecule has 0 spiro atoms. The lowest BCUT2D eigenvalue weighted by Gasteiger charge is -2.44. The van der Waals surface area contributed by atoms with E-state index in [2.05, 4.69) is 11.1 Å². The third-order valence-corrected chi connectivity index (χ3v) is 5.77. The molecule has 4 atom stereocenters. The van der Waals surface area contributed by atoms with Crippen LogP contribution in [0.2, 0.25) is 5.02 Å². The lowest BCUT2D eigenvalue weighted by Crippen LogP contribution is -2.50. The zero-order valence-corrected chi connectivity index (χ0v) is 15.6. The van der Waals surface area contributed by atoms with Crippen LogP contribution in [-0.2, 0) is 4.79 Å². The number of rotatable bonds is 3. The highest BCUT2D eigenvalue weighted by molar-refractivity contribution is 6.31. The fourth-order valence-electron chi connectivity index (χ4n) is 3.75. The Morgan fingerprint density at radius 1 is 1.30 bits per heavy atom. The average Bonchev–Trinajstić information content (AvgIpc) is 2.64. The van der Waals surface area contributed by atoms with E-state index < -0.39 is 35.1 Å². The van der Waals surface area contributed by atoms with Crippen LogP contribution >= 0.6 is 11.6 Å². The second kappa shape index (κ2) is 7.13. The standard InChI is InChI=1S/C21H18ClFN2O2/c1-12-21(2,20(26)27)18(15-9-8-14(23)10-17(15)22)16(11-24)19(25-12)13-6-4-3-5-7-13/h3-10,12,16,18H,1-2H3,(H,26,27). The number of nitrogens with zero attached hydrogens (tertiary/aromatic N) is 2. The number of aliphatic carboxylic acids is 1. The molecule has 0 radical (unpaired) electrons. The van der Waals surface area contributed by atoms with Gasteiger partial charge in [-0.25, -0.2) is 4.39 Å². The van der Waals surface area contributed by atoms with Gasteiger partial charge in [-0.15, -0.1) is 0 Å². The fraction of sp³-hybridized carbons (Fsp3) is 0.286. The van der Waals surface area contributed by atoms with Crippen molar-refractivity contribution in [3.8, 4) is 6.07 Å². The third-order valence-electron chi connectivity index (χ3n) is 5.44. The summed E-state index contributed by atoms with van der Waals surface area (Å²) >= 11 is 6.28. The second-order valence-corrected chi connectivity index (χ2v) is 7.30. The lowest BCUT2D eigenvalue weighted by molar-refractivity contribution is -0.151. The van der Waals surface area contributed by atoms with Gasteiger partial charge < -0.3 is 5.11 Å². The van der Waals surface area contributed by atoms with Gasteiger partial charge in [-0.3, -0.25) is 9.79 Å². The maximum absolute atomic E-state index is 13.6. The van der Waals surface area contributed by atoms with Gasteiger partial charge in [0, 0.05) is 10.9 Å². The van der Waals surface area contributed by atoms with Crippen molar-refractivity contribution in [1.29, 1.82) is 5.26 Å². The molecule has 0 bridgehead atoms. The Balaban J connectivity index is 2.28. The van der Waals surface area contributed by atoms with Gasteiger partial charge in [-0.1, -0.05) is 48.0 Å². The molecule has 1 aliphatic heterocycles. The van der Waals surface area contributed by atoms with Crippen molar-refractivity contribution in [1.82, 2.24) is 0 Å². The van der Waals surface area contributed by atoms with Gasteiger partial charge in [0.2, 0.25) is 0 Å². The van der Waals surface area contributed by atoms with E-state index in [0.29, 0.717) is 11.3 Å². The van der Waals surface area contributed by atoms with Crippen LogP contribution in [0, 0.1) is 28.5 Å². The van der Waals surface area contributed by atoms with Gasteiger partial charge in [0.1, 0.15) is 5.82 Å². The number of nitriles is 1. The van der Waals surface area contributed by atoms with E-state index in [9.17, 15) is 19.6 Å². The van der Waals surface area contributed by atoms with Crippen LogP contribution in [0.5, 0.6) is 0 Å². The molecular weight excluding hydrogens is 367 g/mol. The number of carboxylic acids is 1. The Labute approximate surface area is 161 Å². The topological polar surface area (TPSA) is 73.5 Å². The Bertz CT molecular complexity index is 954. The Kier molecular flexibility index (Phi) is 5.03. The maximum Gasteiger partial charge on any atom is 0.312 e. The van der Waals surface area contributed by atoms with Gasteiger partial charge in [0.05, 0.1) is 29.2 Å². The molecule has 1 heterocycles. The normalized spacial score (nSPS) is 27.5. The number of hydrogen-bond donors (Lipinski definition) is 1. The summed E-state index contributed by atoms with van der Waals surface area (Å²) in [6.45, 7) is 3.29. The van der Waals surface area contributed by atoms with E-state index in [1.165, 1.54) is 12.1 Å². The lowest BCUT2D eigenvalue weighted by atomic mass is 9.60. The van der Waals surface area contributed by atoms with Crippen LogP contribution < -0.4 is 0 Å². The first-order valence-corrected chi connectivity index (χ1v) is 8.89. The van der Waals surface area contributed by atoms with Crippen molar-refractivity contribution in [2.45, 2.75) is 25.8 Å². The number of aliphatic imine (C=N–C) groups is 1. The van der Waals surface area contributed by atoms with E-state index in [1.807, 2.05) is 30.3 Å². The molecule has 0 aromatic heterocycles. The van der Waals surface area contributed by atoms with Gasteiger partial charge in [-0.2, -0.15) is 5.26 Å². The van der Waals surface area contributed by atoms with Crippen LogP contribution in [0.25, 0.3) is 0 Å². The molecule has 138 valence electrons. The predicted molar refractivity (Wildman–Crippen MR) is 101 cm³/mol. The molecular formula is C21H18ClFN2O2. The largest absolute Gasteiger partial charge is 0.481 e. The minimum absolute atomic E-state index is 0.106. The summed E-state index contributed by atoms with van der Waals surface area (Å²) in [5, 5.41) is 20.1. The van der Waals surface area contributed by atoms with Crippen LogP contribution in [0.4, 0.5) is 4.39 Å². The number of benzene rings is 2. The van der Waals surface area contributed by atoms with E-state index >= 15 is 0 Å². The van der Waals surface area contributed by atoms with Crippen molar-refractivity contribution in [2.75, 3.05) is 0 Å². The molecule has 0 amide bonds. The van der Waals surface area contributed by atoms with Gasteiger partial charge in [-0.05, 0) is 37.1 Å². The van der Waals surface area contributed by atoms with Gasteiger partial charge >= 0.3 is 5.97 Å². The first-order chi connectivity index (χ1) is 12.8. The van der Waals surface area contributed by atoms with Gasteiger partial charge in [0.15, 0.2) is 0 Å². The Morgan fingerprint density at radius 2 is 1.96 bits per heavy atom. The molecule has 1 N–H and O–H groups in total. The minimum atomic E-state index is -1.37. The monoisotopic (exact) mass is 384 g/mol. The highest BCUT2D eigenvalue weighted by atomic mass is 35.5. The molecule has 4 unspecified atom stereocenters. The van der Waals surface area contributed by atoms with E-state index in [4.69, 9.17) is 11.6 Å². The smallest absolute Gasteiger partial charge is 0.312 e. The molecule has 4 nitrogen and oxygen atoms in total. The quantitative estimate of drug-likeness (QED) is 0.834. The molecule has 6 heteroatoms. The highest BCUT2D eigenvalue weighted by Crippen LogP contribution is 2.51. The van der Waals surface area contributed by atoms with Crippen molar-refractivity contribution in [3.63, 3.8) is 0 Å². The molecule has 2 aromatic carbocycles. The first-order valence-electron chi connectivity index (χ1n) is 8.51. The van der Waals surface area contributed by atoms with Crippen LogP contribution in [0.1, 0.15) is 30.9 Å². The van der Waals surface area contributed by atoms with Crippen LogP contribution in [0.3, 0.4) is 0 Å². The number of halogens is 2. The second-order valence-electron chi connectivity index (χ2n) is 6.89. The number of carbonyl (C=O) groups is 1. The molecule has 0 saturated carbocycles. The average molecular weight is 385 g/mol. The molecule has 0 saturated heterocycles. The summed E-state index contributed by atoms with van der Waals surface area (Å²) in [6, 6.07) is 14.7. The summed E-state index contributed by atoms with van der Waals surface area (Å²) in [6.07, 6.45) is 0. The molecule has 2 aromatic rings. The summed E-state index contributed by atoms with van der Waals surface area (Å²) in [5.41, 5.74) is 0.339. The number of carboxylic acid groups (broad SMARTS) is 1. The molecule has 1 aliphatic rings. The Morgan fingerprint density at radius 3 is 2.52 bits per heavy atom. The van der Waals surface area contributed by atoms with Crippen molar-refractivity contribution < 1.29 is 14.3 Å². The van der Waals surface area contributed by atoms with Crippen molar-refractivity contribution >= 4 is 23.3 Å². The van der Waals surface area contributed by atoms with E-state index in [1.54, 1.807) is 13.8 Å².